The topological polar surface area (TPSA) is 40.5 Å². The summed E-state index contributed by atoms with van der Waals surface area (Å²) in [4.78, 5) is 13.6. The molecule has 1 amide bonds. The van der Waals surface area contributed by atoms with Crippen molar-refractivity contribution in [3.05, 3.63) is 0 Å². The number of halogens is 1. The highest BCUT2D eigenvalue weighted by Gasteiger charge is 2.46. The maximum Gasteiger partial charge on any atom is 0.262 e. The van der Waals surface area contributed by atoms with Crippen LogP contribution in [0.15, 0.2) is 0 Å². The van der Waals surface area contributed by atoms with Crippen LogP contribution in [0.1, 0.15) is 52.9 Å². The van der Waals surface area contributed by atoms with Crippen molar-refractivity contribution in [3.63, 3.8) is 0 Å². The van der Waals surface area contributed by atoms with Crippen LogP contribution >= 0.6 is 0 Å². The van der Waals surface area contributed by atoms with Crippen LogP contribution in [-0.2, 0) is 4.79 Å². The van der Waals surface area contributed by atoms with E-state index in [4.69, 9.17) is 0 Å². The molecule has 0 heterocycles. The monoisotopic (exact) mass is 259 g/mol. The molecule has 1 aliphatic rings. The number of nitrogens with zero attached hydrogens (tertiary/aromatic N) is 1. The highest BCUT2D eigenvalue weighted by molar-refractivity contribution is 5.85. The summed E-state index contributed by atoms with van der Waals surface area (Å²) in [5.74, 6) is -0.654. The molecule has 0 radical (unpaired) electrons. The molecule has 1 N–H and O–H groups in total. The van der Waals surface area contributed by atoms with Gasteiger partial charge >= 0.3 is 0 Å². The lowest BCUT2D eigenvalue weighted by molar-refractivity contribution is -0.154. The van der Waals surface area contributed by atoms with Gasteiger partial charge in [-0.05, 0) is 39.5 Å². The van der Waals surface area contributed by atoms with Crippen LogP contribution < -0.4 is 0 Å². The minimum Gasteiger partial charge on any atom is -0.389 e. The lowest BCUT2D eigenvalue weighted by Crippen LogP contribution is -2.53. The molecule has 0 aromatic rings. The predicted octanol–water partition coefficient (Wildman–Crippen LogP) is 2.52. The summed E-state index contributed by atoms with van der Waals surface area (Å²) in [6.45, 7) is 5.83. The van der Waals surface area contributed by atoms with Gasteiger partial charge in [-0.2, -0.15) is 0 Å². The number of aliphatic hydroxyl groups excluding tert-OH is 1. The van der Waals surface area contributed by atoms with Crippen molar-refractivity contribution in [1.82, 2.24) is 4.90 Å². The molecule has 0 saturated heterocycles. The summed E-state index contributed by atoms with van der Waals surface area (Å²) in [6.07, 6.45) is 3.68. The van der Waals surface area contributed by atoms with Crippen molar-refractivity contribution in [2.24, 2.45) is 5.92 Å². The van der Waals surface area contributed by atoms with Gasteiger partial charge in [0.1, 0.15) is 0 Å². The van der Waals surface area contributed by atoms with Crippen LogP contribution in [0.4, 0.5) is 4.39 Å². The SMILES string of the molecule is CCN(CC)C(=O)[C@@](C)(F)[C@@H](O)C1CCCCC1. The predicted molar refractivity (Wildman–Crippen MR) is 70.0 cm³/mol. The van der Waals surface area contributed by atoms with E-state index in [9.17, 15) is 14.3 Å². The number of carbonyl (C=O) groups is 1. The third-order valence-corrected chi connectivity index (χ3v) is 4.12. The fourth-order valence-corrected chi connectivity index (χ4v) is 2.84. The minimum atomic E-state index is -2.16. The zero-order valence-electron chi connectivity index (χ0n) is 11.8. The van der Waals surface area contributed by atoms with Gasteiger partial charge in [0.25, 0.3) is 5.91 Å². The average molecular weight is 259 g/mol. The Morgan fingerprint density at radius 1 is 1.33 bits per heavy atom. The first kappa shape index (κ1) is 15.4. The Balaban J connectivity index is 2.73. The molecule has 18 heavy (non-hydrogen) atoms. The Hall–Kier alpha value is -0.640. The van der Waals surface area contributed by atoms with Gasteiger partial charge in [-0.3, -0.25) is 4.79 Å². The summed E-state index contributed by atoms with van der Waals surface area (Å²) in [5.41, 5.74) is -2.16. The van der Waals surface area contributed by atoms with Crippen LogP contribution in [0.5, 0.6) is 0 Å². The standard InChI is InChI=1S/C14H26FNO2/c1-4-16(5-2)13(18)14(3,15)12(17)11-9-7-6-8-10-11/h11-12,17H,4-10H2,1-3H3/t12-,14-/m0/s1. The summed E-state index contributed by atoms with van der Waals surface area (Å²) >= 11 is 0. The van der Waals surface area contributed by atoms with Crippen molar-refractivity contribution < 1.29 is 14.3 Å². The Morgan fingerprint density at radius 2 is 1.83 bits per heavy atom. The summed E-state index contributed by atoms with van der Waals surface area (Å²) < 4.78 is 14.6. The van der Waals surface area contributed by atoms with E-state index in [1.165, 1.54) is 11.8 Å². The molecule has 106 valence electrons. The average Bonchev–Trinajstić information content (AvgIpc) is 2.40. The summed E-state index contributed by atoms with van der Waals surface area (Å²) in [6, 6.07) is 0. The lowest BCUT2D eigenvalue weighted by Gasteiger charge is -2.36. The second-order valence-electron chi connectivity index (χ2n) is 5.40. The molecule has 0 unspecified atom stereocenters. The van der Waals surface area contributed by atoms with E-state index in [1.807, 2.05) is 13.8 Å². The van der Waals surface area contributed by atoms with Crippen molar-refractivity contribution >= 4 is 5.91 Å². The second kappa shape index (κ2) is 6.50. The van der Waals surface area contributed by atoms with Gasteiger partial charge in [-0.25, -0.2) is 4.39 Å². The quantitative estimate of drug-likeness (QED) is 0.824. The number of alkyl halides is 1. The minimum absolute atomic E-state index is 0.0757. The molecule has 0 aromatic carbocycles. The first-order chi connectivity index (χ1) is 8.45. The van der Waals surface area contributed by atoms with Gasteiger partial charge in [0.2, 0.25) is 5.67 Å². The van der Waals surface area contributed by atoms with E-state index in [1.54, 1.807) is 0 Å². The van der Waals surface area contributed by atoms with Gasteiger partial charge in [0, 0.05) is 13.1 Å². The first-order valence-corrected chi connectivity index (χ1v) is 7.11. The number of carbonyl (C=O) groups excluding carboxylic acids is 1. The van der Waals surface area contributed by atoms with Gasteiger partial charge in [-0.15, -0.1) is 0 Å². The van der Waals surface area contributed by atoms with E-state index >= 15 is 0 Å². The highest BCUT2D eigenvalue weighted by atomic mass is 19.1. The van der Waals surface area contributed by atoms with Crippen molar-refractivity contribution in [3.8, 4) is 0 Å². The number of amides is 1. The molecule has 4 heteroatoms. The number of hydrogen-bond donors (Lipinski definition) is 1. The Kier molecular flexibility index (Phi) is 5.57. The van der Waals surface area contributed by atoms with Crippen LogP contribution in [0.2, 0.25) is 0 Å². The highest BCUT2D eigenvalue weighted by Crippen LogP contribution is 2.33. The molecule has 0 spiro atoms. The number of aliphatic hydroxyl groups is 1. The molecule has 0 aliphatic heterocycles. The molecule has 1 saturated carbocycles. The Morgan fingerprint density at radius 3 is 2.28 bits per heavy atom. The Labute approximate surface area is 109 Å². The largest absolute Gasteiger partial charge is 0.389 e. The zero-order valence-corrected chi connectivity index (χ0v) is 11.8. The maximum atomic E-state index is 14.6. The third-order valence-electron chi connectivity index (χ3n) is 4.12. The molecular weight excluding hydrogens is 233 g/mol. The lowest BCUT2D eigenvalue weighted by atomic mass is 9.79. The summed E-state index contributed by atoms with van der Waals surface area (Å²) in [7, 11) is 0. The van der Waals surface area contributed by atoms with E-state index in [2.05, 4.69) is 0 Å². The van der Waals surface area contributed by atoms with Crippen LogP contribution in [0.25, 0.3) is 0 Å². The summed E-state index contributed by atoms with van der Waals surface area (Å²) in [5, 5.41) is 10.2. The Bertz CT molecular complexity index is 271. The zero-order chi connectivity index (χ0) is 13.8. The van der Waals surface area contributed by atoms with E-state index < -0.39 is 17.7 Å². The molecule has 3 nitrogen and oxygen atoms in total. The van der Waals surface area contributed by atoms with E-state index in [0.29, 0.717) is 13.1 Å². The molecule has 0 aromatic heterocycles. The molecule has 1 rings (SSSR count). The van der Waals surface area contributed by atoms with Gasteiger partial charge < -0.3 is 10.0 Å². The molecule has 1 aliphatic carbocycles. The van der Waals surface area contributed by atoms with Crippen molar-refractivity contribution in [1.29, 1.82) is 0 Å². The normalized spacial score (nSPS) is 22.3. The van der Waals surface area contributed by atoms with Crippen LogP contribution in [0.3, 0.4) is 0 Å². The first-order valence-electron chi connectivity index (χ1n) is 7.11. The number of rotatable bonds is 5. The van der Waals surface area contributed by atoms with E-state index in [-0.39, 0.29) is 5.92 Å². The smallest absolute Gasteiger partial charge is 0.262 e. The van der Waals surface area contributed by atoms with Crippen LogP contribution in [-0.4, -0.2) is 40.8 Å². The van der Waals surface area contributed by atoms with Gasteiger partial charge in [0.05, 0.1) is 6.10 Å². The maximum absolute atomic E-state index is 14.6. The third kappa shape index (κ3) is 3.22. The van der Waals surface area contributed by atoms with Crippen LogP contribution in [0, 0.1) is 5.92 Å². The molecular formula is C14H26FNO2. The molecule has 0 bridgehead atoms. The molecule has 2 atom stereocenters. The van der Waals surface area contributed by atoms with Gasteiger partial charge in [-0.1, -0.05) is 19.3 Å². The number of hydrogen-bond acceptors (Lipinski definition) is 2. The van der Waals surface area contributed by atoms with E-state index in [0.717, 1.165) is 32.1 Å². The fourth-order valence-electron chi connectivity index (χ4n) is 2.84. The van der Waals surface area contributed by atoms with Gasteiger partial charge in [0.15, 0.2) is 0 Å². The van der Waals surface area contributed by atoms with Crippen molar-refractivity contribution in [2.75, 3.05) is 13.1 Å². The molecule has 1 fully saturated rings. The second-order valence-corrected chi connectivity index (χ2v) is 5.40. The fraction of sp³-hybridized carbons (Fsp3) is 0.929. The van der Waals surface area contributed by atoms with Crippen molar-refractivity contribution in [2.45, 2.75) is 64.6 Å².